The van der Waals surface area contributed by atoms with Gasteiger partial charge >= 0.3 is 5.97 Å². The minimum absolute atomic E-state index is 0.0139. The standard InChI is InChI=1S/C20H23NO6S/c1-13-9-14(2)20(15(3)10-13)21(12-19(22)25-4)28(23,24)16-5-6-17-18(11-16)27-8-7-26-17/h5-6,9-11H,7-8,12H2,1-4H3. The second-order valence-corrected chi connectivity index (χ2v) is 8.50. The molecule has 0 unspecified atom stereocenters. The molecule has 0 saturated heterocycles. The molecule has 2 aromatic rings. The first kappa shape index (κ1) is 20.0. The fourth-order valence-corrected chi connectivity index (χ4v) is 4.90. The van der Waals surface area contributed by atoms with Gasteiger partial charge in [0.1, 0.15) is 19.8 Å². The number of aryl methyl sites for hydroxylation is 3. The molecule has 2 aromatic carbocycles. The number of carbonyl (C=O) groups is 1. The fourth-order valence-electron chi connectivity index (χ4n) is 3.34. The van der Waals surface area contributed by atoms with Crippen LogP contribution in [0.15, 0.2) is 35.2 Å². The molecule has 28 heavy (non-hydrogen) atoms. The lowest BCUT2D eigenvalue weighted by Gasteiger charge is -2.27. The van der Waals surface area contributed by atoms with Gasteiger partial charge < -0.3 is 14.2 Å². The van der Waals surface area contributed by atoms with Crippen LogP contribution >= 0.6 is 0 Å². The van der Waals surface area contributed by atoms with Gasteiger partial charge in [-0.2, -0.15) is 0 Å². The molecule has 0 saturated carbocycles. The van der Waals surface area contributed by atoms with Gasteiger partial charge in [0, 0.05) is 6.07 Å². The number of nitrogens with zero attached hydrogens (tertiary/aromatic N) is 1. The van der Waals surface area contributed by atoms with E-state index in [-0.39, 0.29) is 4.90 Å². The quantitative estimate of drug-likeness (QED) is 0.712. The molecule has 7 nitrogen and oxygen atoms in total. The molecule has 0 amide bonds. The first-order chi connectivity index (χ1) is 13.2. The smallest absolute Gasteiger partial charge is 0.326 e. The summed E-state index contributed by atoms with van der Waals surface area (Å²) in [4.78, 5) is 12.0. The molecule has 150 valence electrons. The number of hydrogen-bond acceptors (Lipinski definition) is 6. The van der Waals surface area contributed by atoms with Gasteiger partial charge in [-0.25, -0.2) is 8.42 Å². The molecule has 0 fully saturated rings. The molecule has 0 atom stereocenters. The van der Waals surface area contributed by atoms with Gasteiger partial charge in [-0.15, -0.1) is 0 Å². The van der Waals surface area contributed by atoms with Crippen LogP contribution < -0.4 is 13.8 Å². The highest BCUT2D eigenvalue weighted by molar-refractivity contribution is 7.92. The second kappa shape index (κ2) is 7.71. The van der Waals surface area contributed by atoms with Gasteiger partial charge in [-0.3, -0.25) is 9.10 Å². The van der Waals surface area contributed by atoms with Crippen LogP contribution in [0.1, 0.15) is 16.7 Å². The molecule has 0 radical (unpaired) electrons. The van der Waals surface area contributed by atoms with E-state index in [4.69, 9.17) is 14.2 Å². The number of hydrogen-bond donors (Lipinski definition) is 0. The van der Waals surface area contributed by atoms with Crippen LogP contribution in [-0.4, -0.2) is 41.3 Å². The molecular formula is C20H23NO6S. The van der Waals surface area contributed by atoms with Gasteiger partial charge in [0.25, 0.3) is 10.0 Å². The van der Waals surface area contributed by atoms with Crippen LogP contribution in [0.4, 0.5) is 5.69 Å². The number of sulfonamides is 1. The number of carbonyl (C=O) groups excluding carboxylic acids is 1. The van der Waals surface area contributed by atoms with E-state index in [1.807, 2.05) is 32.9 Å². The van der Waals surface area contributed by atoms with Gasteiger partial charge in [-0.05, 0) is 44.0 Å². The van der Waals surface area contributed by atoms with Crippen LogP contribution in [0.3, 0.4) is 0 Å². The minimum atomic E-state index is -4.05. The summed E-state index contributed by atoms with van der Waals surface area (Å²) in [5.74, 6) is 0.204. The van der Waals surface area contributed by atoms with E-state index in [0.717, 1.165) is 21.0 Å². The molecule has 0 spiro atoms. The number of anilines is 1. The maximum atomic E-state index is 13.5. The zero-order valence-corrected chi connectivity index (χ0v) is 17.1. The van der Waals surface area contributed by atoms with Crippen LogP contribution in [0.5, 0.6) is 11.5 Å². The summed E-state index contributed by atoms with van der Waals surface area (Å²) in [6.07, 6.45) is 0. The summed E-state index contributed by atoms with van der Waals surface area (Å²) in [6.45, 7) is 5.90. The topological polar surface area (TPSA) is 82.1 Å². The highest BCUT2D eigenvalue weighted by Crippen LogP contribution is 2.36. The largest absolute Gasteiger partial charge is 0.486 e. The van der Waals surface area contributed by atoms with Crippen molar-refractivity contribution in [1.29, 1.82) is 0 Å². The Hall–Kier alpha value is -2.74. The molecule has 1 aliphatic heterocycles. The molecule has 0 bridgehead atoms. The molecule has 0 N–H and O–H groups in total. The first-order valence-corrected chi connectivity index (χ1v) is 10.2. The third-order valence-corrected chi connectivity index (χ3v) is 6.23. The van der Waals surface area contributed by atoms with Crippen LogP contribution in [0.2, 0.25) is 0 Å². The normalized spacial score (nSPS) is 13.1. The Labute approximate surface area is 164 Å². The van der Waals surface area contributed by atoms with Crippen LogP contribution in [-0.2, 0) is 19.6 Å². The Balaban J connectivity index is 2.13. The number of benzene rings is 2. The third kappa shape index (κ3) is 3.77. The fraction of sp³-hybridized carbons (Fsp3) is 0.350. The monoisotopic (exact) mass is 405 g/mol. The van der Waals surface area contributed by atoms with Crippen LogP contribution in [0, 0.1) is 20.8 Å². The molecule has 0 aliphatic carbocycles. The average molecular weight is 405 g/mol. The lowest BCUT2D eigenvalue weighted by molar-refractivity contribution is -0.138. The van der Waals surface area contributed by atoms with Crippen LogP contribution in [0.25, 0.3) is 0 Å². The summed E-state index contributed by atoms with van der Waals surface area (Å²) in [5.41, 5.74) is 2.98. The van der Waals surface area contributed by atoms with Gasteiger partial charge in [0.05, 0.1) is 17.7 Å². The lowest BCUT2D eigenvalue weighted by atomic mass is 10.1. The van der Waals surface area contributed by atoms with Crippen molar-refractivity contribution in [1.82, 2.24) is 0 Å². The molecule has 3 rings (SSSR count). The van der Waals surface area contributed by atoms with Crippen molar-refractivity contribution in [3.05, 3.63) is 47.0 Å². The summed E-state index contributed by atoms with van der Waals surface area (Å²) in [5, 5.41) is 0. The van der Waals surface area contributed by atoms with E-state index >= 15 is 0 Å². The predicted octanol–water partition coefficient (Wildman–Crippen LogP) is 2.75. The van der Waals surface area contributed by atoms with Crippen molar-refractivity contribution in [2.24, 2.45) is 0 Å². The Bertz CT molecular complexity index is 992. The van der Waals surface area contributed by atoms with E-state index in [1.165, 1.54) is 19.2 Å². The zero-order valence-electron chi connectivity index (χ0n) is 16.3. The molecule has 0 aromatic heterocycles. The SMILES string of the molecule is COC(=O)CN(c1c(C)cc(C)cc1C)S(=O)(=O)c1ccc2c(c1)OCCO2. The number of esters is 1. The van der Waals surface area contributed by atoms with E-state index in [9.17, 15) is 13.2 Å². The maximum Gasteiger partial charge on any atom is 0.326 e. The van der Waals surface area contributed by atoms with Crippen molar-refractivity contribution in [3.8, 4) is 11.5 Å². The van der Waals surface area contributed by atoms with Crippen molar-refractivity contribution < 1.29 is 27.4 Å². The van der Waals surface area contributed by atoms with Crippen molar-refractivity contribution in [3.63, 3.8) is 0 Å². The maximum absolute atomic E-state index is 13.5. The highest BCUT2D eigenvalue weighted by atomic mass is 32.2. The second-order valence-electron chi connectivity index (χ2n) is 6.64. The Kier molecular flexibility index (Phi) is 5.51. The summed E-state index contributed by atoms with van der Waals surface area (Å²) >= 11 is 0. The number of ether oxygens (including phenoxy) is 3. The van der Waals surface area contributed by atoms with Crippen molar-refractivity contribution >= 4 is 21.7 Å². The lowest BCUT2D eigenvalue weighted by Crippen LogP contribution is -2.37. The van der Waals surface area contributed by atoms with E-state index in [0.29, 0.717) is 30.4 Å². The predicted molar refractivity (Wildman–Crippen MR) is 105 cm³/mol. The summed E-state index contributed by atoms with van der Waals surface area (Å²) < 4.78 is 43.8. The molecular weight excluding hydrogens is 382 g/mol. The zero-order chi connectivity index (χ0) is 20.5. The number of rotatable bonds is 5. The van der Waals surface area contributed by atoms with Crippen molar-refractivity contribution in [2.45, 2.75) is 25.7 Å². The minimum Gasteiger partial charge on any atom is -0.486 e. The molecule has 8 heteroatoms. The Morgan fingerprint density at radius 1 is 1.04 bits per heavy atom. The summed E-state index contributed by atoms with van der Waals surface area (Å²) in [6, 6.07) is 8.20. The van der Waals surface area contributed by atoms with E-state index in [2.05, 4.69) is 0 Å². The van der Waals surface area contributed by atoms with E-state index in [1.54, 1.807) is 6.07 Å². The van der Waals surface area contributed by atoms with Crippen molar-refractivity contribution in [2.75, 3.05) is 31.2 Å². The molecule has 1 heterocycles. The average Bonchev–Trinajstić information content (AvgIpc) is 2.65. The third-order valence-electron chi connectivity index (χ3n) is 4.49. The van der Waals surface area contributed by atoms with Gasteiger partial charge in [0.15, 0.2) is 11.5 Å². The van der Waals surface area contributed by atoms with Gasteiger partial charge in [-0.1, -0.05) is 17.7 Å². The summed E-state index contributed by atoms with van der Waals surface area (Å²) in [7, 11) is -2.83. The van der Waals surface area contributed by atoms with Gasteiger partial charge in [0.2, 0.25) is 0 Å². The van der Waals surface area contributed by atoms with E-state index < -0.39 is 22.5 Å². The molecule has 1 aliphatic rings. The number of methoxy groups -OCH3 is 1. The number of fused-ring (bicyclic) bond motifs is 1. The Morgan fingerprint density at radius 3 is 2.25 bits per heavy atom. The first-order valence-electron chi connectivity index (χ1n) is 8.81. The highest BCUT2D eigenvalue weighted by Gasteiger charge is 2.31. The Morgan fingerprint density at radius 2 is 1.64 bits per heavy atom.